The van der Waals surface area contributed by atoms with Gasteiger partial charge in [-0.15, -0.1) is 22.7 Å². The Labute approximate surface area is 189 Å². The highest BCUT2D eigenvalue weighted by Crippen LogP contribution is 2.34. The second kappa shape index (κ2) is 9.21. The van der Waals surface area contributed by atoms with Gasteiger partial charge in [-0.1, -0.05) is 37.7 Å². The fourth-order valence-electron chi connectivity index (χ4n) is 3.49. The second-order valence-corrected chi connectivity index (χ2v) is 9.89. The molecule has 158 valence electrons. The van der Waals surface area contributed by atoms with E-state index >= 15 is 0 Å². The van der Waals surface area contributed by atoms with Crippen LogP contribution in [0, 0.1) is 30.4 Å². The van der Waals surface area contributed by atoms with E-state index in [1.807, 2.05) is 11.3 Å². The molecule has 2 aromatic carbocycles. The molecule has 2 heterocycles. The largest absolute Gasteiger partial charge is 0.396 e. The first-order chi connectivity index (χ1) is 14.9. The van der Waals surface area contributed by atoms with Crippen LogP contribution in [0.4, 0.5) is 14.5 Å². The monoisotopic (exact) mass is 451 g/mol. The van der Waals surface area contributed by atoms with E-state index in [0.29, 0.717) is 22.3 Å². The summed E-state index contributed by atoms with van der Waals surface area (Å²) in [6, 6.07) is 12.1. The number of aryl methyl sites for hydroxylation is 2. The Kier molecular flexibility index (Phi) is 6.41. The molecule has 0 bridgehead atoms. The van der Waals surface area contributed by atoms with Gasteiger partial charge in [0.1, 0.15) is 11.6 Å². The molecule has 0 aliphatic rings. The van der Waals surface area contributed by atoms with Gasteiger partial charge in [0.05, 0.1) is 10.6 Å². The Bertz CT molecular complexity index is 1250. The molecule has 4 aromatic rings. The highest BCUT2D eigenvalue weighted by atomic mass is 32.1. The van der Waals surface area contributed by atoms with Gasteiger partial charge in [0.15, 0.2) is 0 Å². The number of anilines is 1. The molecule has 0 unspecified atom stereocenters. The molecule has 0 aliphatic heterocycles. The minimum atomic E-state index is -0.538. The quantitative estimate of drug-likeness (QED) is 0.186. The molecule has 4 rings (SSSR count). The second-order valence-electron chi connectivity index (χ2n) is 7.64. The van der Waals surface area contributed by atoms with Crippen LogP contribution >= 0.6 is 22.7 Å². The van der Waals surface area contributed by atoms with Crippen LogP contribution < -0.4 is 5.73 Å². The number of nitrogen functional groups attached to an aromatic ring is 1. The lowest BCUT2D eigenvalue weighted by atomic mass is 10.0. The molecular weight excluding hydrogens is 428 g/mol. The highest BCUT2D eigenvalue weighted by Gasteiger charge is 2.11. The third-order valence-corrected chi connectivity index (χ3v) is 7.50. The number of hydrogen-bond acceptors (Lipinski definition) is 3. The maximum atomic E-state index is 14.7. The number of unbranched alkanes of at least 4 members (excludes halogenated alkanes) is 2. The summed E-state index contributed by atoms with van der Waals surface area (Å²) in [7, 11) is 0. The third kappa shape index (κ3) is 4.81. The van der Waals surface area contributed by atoms with E-state index in [1.54, 1.807) is 36.5 Å². The average molecular weight is 452 g/mol. The number of thiophene rings is 2. The number of nitrogens with two attached hydrogens (primary N) is 1. The average Bonchev–Trinajstić information content (AvgIpc) is 3.29. The SMILES string of the molecule is CCCCCc1cc2sc(C#Cc3ccc(-c4cc(C)c(N)c(F)c4)c(F)c3)cc2s1. The normalized spacial score (nSPS) is 11.0. The van der Waals surface area contributed by atoms with Crippen LogP contribution in [0.25, 0.3) is 20.5 Å². The molecule has 0 radical (unpaired) electrons. The van der Waals surface area contributed by atoms with Crippen LogP contribution in [0.5, 0.6) is 0 Å². The van der Waals surface area contributed by atoms with Gasteiger partial charge in [0.2, 0.25) is 0 Å². The Hall–Kier alpha value is -2.68. The topological polar surface area (TPSA) is 26.0 Å². The molecule has 0 aliphatic carbocycles. The molecule has 0 spiro atoms. The molecule has 5 heteroatoms. The van der Waals surface area contributed by atoms with Crippen molar-refractivity contribution in [2.45, 2.75) is 39.5 Å². The predicted octanol–water partition coefficient (Wildman–Crippen LogP) is 7.93. The summed E-state index contributed by atoms with van der Waals surface area (Å²) in [5.41, 5.74) is 7.73. The van der Waals surface area contributed by atoms with E-state index in [9.17, 15) is 8.78 Å². The lowest BCUT2D eigenvalue weighted by Crippen LogP contribution is -1.96. The molecule has 0 saturated heterocycles. The van der Waals surface area contributed by atoms with Gasteiger partial charge in [-0.25, -0.2) is 8.78 Å². The van der Waals surface area contributed by atoms with Crippen molar-refractivity contribution in [3.63, 3.8) is 0 Å². The van der Waals surface area contributed by atoms with Crippen LogP contribution in [0.15, 0.2) is 42.5 Å². The van der Waals surface area contributed by atoms with Gasteiger partial charge in [-0.05, 0) is 67.3 Å². The summed E-state index contributed by atoms with van der Waals surface area (Å²) in [4.78, 5) is 2.41. The van der Waals surface area contributed by atoms with Crippen molar-refractivity contribution >= 4 is 37.8 Å². The minimum absolute atomic E-state index is 0.0931. The van der Waals surface area contributed by atoms with Crippen molar-refractivity contribution in [3.8, 4) is 23.0 Å². The van der Waals surface area contributed by atoms with E-state index in [2.05, 4.69) is 30.9 Å². The van der Waals surface area contributed by atoms with Crippen LogP contribution in [0.1, 0.15) is 47.1 Å². The highest BCUT2D eigenvalue weighted by molar-refractivity contribution is 7.28. The number of halogens is 2. The zero-order valence-corrected chi connectivity index (χ0v) is 19.2. The van der Waals surface area contributed by atoms with E-state index in [4.69, 9.17) is 5.73 Å². The maximum absolute atomic E-state index is 14.7. The Morgan fingerprint density at radius 3 is 2.42 bits per heavy atom. The molecular formula is C26H23F2NS2. The molecule has 2 aromatic heterocycles. The first-order valence-electron chi connectivity index (χ1n) is 10.3. The number of benzene rings is 2. The van der Waals surface area contributed by atoms with E-state index in [1.165, 1.54) is 45.7 Å². The summed E-state index contributed by atoms with van der Waals surface area (Å²) >= 11 is 3.51. The van der Waals surface area contributed by atoms with Crippen molar-refractivity contribution < 1.29 is 8.78 Å². The zero-order chi connectivity index (χ0) is 22.0. The van der Waals surface area contributed by atoms with E-state index < -0.39 is 11.6 Å². The third-order valence-electron chi connectivity index (χ3n) is 5.23. The Morgan fingerprint density at radius 2 is 1.71 bits per heavy atom. The number of rotatable bonds is 5. The summed E-state index contributed by atoms with van der Waals surface area (Å²) in [5.74, 6) is 5.23. The Balaban J connectivity index is 1.53. The van der Waals surface area contributed by atoms with Crippen LogP contribution in [0.2, 0.25) is 0 Å². The summed E-state index contributed by atoms with van der Waals surface area (Å²) in [5, 5.41) is 0. The maximum Gasteiger partial charge on any atom is 0.146 e. The van der Waals surface area contributed by atoms with Gasteiger partial charge in [-0.2, -0.15) is 0 Å². The first kappa shape index (κ1) is 21.5. The van der Waals surface area contributed by atoms with Gasteiger partial charge >= 0.3 is 0 Å². The minimum Gasteiger partial charge on any atom is -0.396 e. The molecule has 2 N–H and O–H groups in total. The Morgan fingerprint density at radius 1 is 0.903 bits per heavy atom. The van der Waals surface area contributed by atoms with Crippen molar-refractivity contribution in [2.24, 2.45) is 0 Å². The van der Waals surface area contributed by atoms with Crippen LogP contribution in [-0.2, 0) is 6.42 Å². The van der Waals surface area contributed by atoms with Crippen molar-refractivity contribution in [2.75, 3.05) is 5.73 Å². The van der Waals surface area contributed by atoms with Gasteiger partial charge in [-0.3, -0.25) is 0 Å². The van der Waals surface area contributed by atoms with E-state index in [-0.39, 0.29) is 5.69 Å². The lowest BCUT2D eigenvalue weighted by molar-refractivity contribution is 0.626. The smallest absolute Gasteiger partial charge is 0.146 e. The molecule has 0 atom stereocenters. The van der Waals surface area contributed by atoms with Gasteiger partial charge in [0, 0.05) is 25.4 Å². The van der Waals surface area contributed by atoms with Crippen molar-refractivity contribution in [1.82, 2.24) is 0 Å². The van der Waals surface area contributed by atoms with Crippen LogP contribution in [0.3, 0.4) is 0 Å². The standard InChI is InChI=1S/C26H23F2NS2/c1-3-4-5-6-19-14-24-25(30-19)15-20(31-24)9-7-17-8-10-21(22(27)12-17)18-11-16(2)26(29)23(28)13-18/h8,10-15H,3-6,29H2,1-2H3. The predicted molar refractivity (Wildman–Crippen MR) is 130 cm³/mol. The summed E-state index contributed by atoms with van der Waals surface area (Å²) in [6.45, 7) is 3.93. The molecule has 31 heavy (non-hydrogen) atoms. The first-order valence-corrected chi connectivity index (χ1v) is 12.0. The molecule has 1 nitrogen and oxygen atoms in total. The van der Waals surface area contributed by atoms with Crippen LogP contribution in [-0.4, -0.2) is 0 Å². The summed E-state index contributed by atoms with van der Waals surface area (Å²) < 4.78 is 31.2. The fraction of sp³-hybridized carbons (Fsp3) is 0.231. The fourth-order valence-corrected chi connectivity index (χ4v) is 5.81. The van der Waals surface area contributed by atoms with E-state index in [0.717, 1.165) is 11.3 Å². The van der Waals surface area contributed by atoms with Crippen molar-refractivity contribution in [3.05, 3.63) is 75.0 Å². The van der Waals surface area contributed by atoms with Gasteiger partial charge in [0.25, 0.3) is 0 Å². The number of fused-ring (bicyclic) bond motifs is 1. The molecule has 0 saturated carbocycles. The zero-order valence-electron chi connectivity index (χ0n) is 17.5. The lowest BCUT2D eigenvalue weighted by Gasteiger charge is -2.08. The summed E-state index contributed by atoms with van der Waals surface area (Å²) in [6.07, 6.45) is 4.88. The molecule has 0 fully saturated rings. The molecule has 0 amide bonds. The van der Waals surface area contributed by atoms with Gasteiger partial charge < -0.3 is 5.73 Å². The van der Waals surface area contributed by atoms with Crippen molar-refractivity contribution in [1.29, 1.82) is 0 Å². The number of hydrogen-bond donors (Lipinski definition) is 1.